The zero-order valence-corrected chi connectivity index (χ0v) is 11.4. The monoisotopic (exact) mass is 296 g/mol. The van der Waals surface area contributed by atoms with Gasteiger partial charge in [-0.05, 0) is 35.9 Å². The number of hydrogen-bond acceptors (Lipinski definition) is 5. The number of pyridine rings is 1. The summed E-state index contributed by atoms with van der Waals surface area (Å²) in [4.78, 5) is 27.1. The topological polar surface area (TPSA) is 88.5 Å². The molecule has 0 saturated heterocycles. The first-order chi connectivity index (χ1) is 10.7. The number of aromatic nitrogens is 1. The lowest BCUT2D eigenvalue weighted by atomic mass is 10.1. The van der Waals surface area contributed by atoms with Crippen LogP contribution in [0.25, 0.3) is 11.6 Å². The van der Waals surface area contributed by atoms with Gasteiger partial charge in [-0.2, -0.15) is 0 Å². The van der Waals surface area contributed by atoms with Crippen molar-refractivity contribution in [3.63, 3.8) is 0 Å². The van der Waals surface area contributed by atoms with Crippen molar-refractivity contribution in [1.29, 1.82) is 0 Å². The van der Waals surface area contributed by atoms with E-state index in [1.165, 1.54) is 0 Å². The summed E-state index contributed by atoms with van der Waals surface area (Å²) in [7, 11) is 0. The van der Waals surface area contributed by atoms with Crippen LogP contribution in [0, 0.1) is 0 Å². The van der Waals surface area contributed by atoms with Gasteiger partial charge in [0.15, 0.2) is 0 Å². The van der Waals surface area contributed by atoms with E-state index < -0.39 is 12.6 Å². The first kappa shape index (κ1) is 14.0. The number of benzene rings is 1. The number of ether oxygens (including phenoxy) is 1. The minimum atomic E-state index is -0.721. The van der Waals surface area contributed by atoms with Crippen molar-refractivity contribution in [2.24, 2.45) is 0 Å². The van der Waals surface area contributed by atoms with Crippen LogP contribution in [-0.2, 0) is 9.59 Å². The van der Waals surface area contributed by atoms with Gasteiger partial charge in [-0.1, -0.05) is 12.1 Å². The highest BCUT2D eigenvalue weighted by Crippen LogP contribution is 2.31. The smallest absolute Gasteiger partial charge is 0.337 e. The third-order valence-corrected chi connectivity index (χ3v) is 3.13. The number of nitrogens with zero attached hydrogens (tertiary/aromatic N) is 1. The molecule has 1 aliphatic rings. The molecular weight excluding hydrogens is 284 g/mol. The van der Waals surface area contributed by atoms with Crippen LogP contribution in [0.5, 0.6) is 5.75 Å². The molecule has 0 aliphatic carbocycles. The number of carbonyl (C=O) groups excluding carboxylic acids is 2. The van der Waals surface area contributed by atoms with Crippen LogP contribution in [0.15, 0.2) is 42.6 Å². The number of nitrogens with one attached hydrogen (secondary N) is 1. The molecule has 0 unspecified atom stereocenters. The average Bonchev–Trinajstić information content (AvgIpc) is 2.85. The lowest BCUT2D eigenvalue weighted by molar-refractivity contribution is -0.137. The van der Waals surface area contributed by atoms with Crippen molar-refractivity contribution < 1.29 is 19.4 Å². The van der Waals surface area contributed by atoms with Gasteiger partial charge in [-0.25, -0.2) is 9.78 Å². The summed E-state index contributed by atoms with van der Waals surface area (Å²) in [5, 5.41) is 11.3. The third kappa shape index (κ3) is 2.72. The molecule has 1 aromatic carbocycles. The SMILES string of the molecule is O=C(CO)Oc1ccc(C=C2C(=O)Nc3ncccc32)cc1. The number of rotatable bonds is 3. The van der Waals surface area contributed by atoms with Gasteiger partial charge in [0, 0.05) is 11.8 Å². The number of carbonyl (C=O) groups is 2. The van der Waals surface area contributed by atoms with Gasteiger partial charge in [-0.3, -0.25) is 4.79 Å². The Morgan fingerprint density at radius 1 is 1.27 bits per heavy atom. The van der Waals surface area contributed by atoms with Gasteiger partial charge in [0.25, 0.3) is 5.91 Å². The van der Waals surface area contributed by atoms with Crippen molar-refractivity contribution in [3.8, 4) is 5.75 Å². The number of fused-ring (bicyclic) bond motifs is 1. The van der Waals surface area contributed by atoms with Gasteiger partial charge in [0.05, 0.1) is 5.57 Å². The summed E-state index contributed by atoms with van der Waals surface area (Å²) in [6.45, 7) is -0.671. The number of aliphatic hydroxyl groups is 1. The maximum atomic E-state index is 12.0. The largest absolute Gasteiger partial charge is 0.425 e. The molecule has 3 rings (SSSR count). The lowest BCUT2D eigenvalue weighted by Crippen LogP contribution is -2.11. The van der Waals surface area contributed by atoms with E-state index in [0.717, 1.165) is 11.1 Å². The van der Waals surface area contributed by atoms with Crippen molar-refractivity contribution in [2.75, 3.05) is 11.9 Å². The summed E-state index contributed by atoms with van der Waals surface area (Å²) >= 11 is 0. The van der Waals surface area contributed by atoms with E-state index in [-0.39, 0.29) is 5.91 Å². The average molecular weight is 296 g/mol. The van der Waals surface area contributed by atoms with Crippen molar-refractivity contribution in [2.45, 2.75) is 0 Å². The highest BCUT2D eigenvalue weighted by atomic mass is 16.5. The molecule has 110 valence electrons. The molecular formula is C16H12N2O4. The van der Waals surface area contributed by atoms with E-state index in [1.807, 2.05) is 6.07 Å². The molecule has 0 fully saturated rings. The van der Waals surface area contributed by atoms with Gasteiger partial charge in [0.1, 0.15) is 18.2 Å². The molecule has 6 heteroatoms. The van der Waals surface area contributed by atoms with E-state index in [2.05, 4.69) is 10.3 Å². The minimum Gasteiger partial charge on any atom is -0.425 e. The molecule has 0 radical (unpaired) electrons. The zero-order chi connectivity index (χ0) is 15.5. The number of amides is 1. The van der Waals surface area contributed by atoms with Crippen molar-refractivity contribution in [3.05, 3.63) is 53.7 Å². The number of esters is 1. The molecule has 0 spiro atoms. The fourth-order valence-corrected chi connectivity index (χ4v) is 2.13. The van der Waals surface area contributed by atoms with Crippen LogP contribution >= 0.6 is 0 Å². The summed E-state index contributed by atoms with van der Waals surface area (Å²) in [6, 6.07) is 10.2. The first-order valence-corrected chi connectivity index (χ1v) is 6.57. The third-order valence-electron chi connectivity index (χ3n) is 3.13. The summed E-state index contributed by atoms with van der Waals surface area (Å²) < 4.78 is 4.87. The van der Waals surface area contributed by atoms with E-state index >= 15 is 0 Å². The first-order valence-electron chi connectivity index (χ1n) is 6.57. The summed E-state index contributed by atoms with van der Waals surface area (Å²) in [6.07, 6.45) is 3.35. The molecule has 1 aliphatic heterocycles. The van der Waals surface area contributed by atoms with Crippen molar-refractivity contribution in [1.82, 2.24) is 4.98 Å². The highest BCUT2D eigenvalue weighted by molar-refractivity contribution is 6.34. The van der Waals surface area contributed by atoms with Gasteiger partial charge >= 0.3 is 5.97 Å². The van der Waals surface area contributed by atoms with Crippen molar-refractivity contribution >= 4 is 29.3 Å². The van der Waals surface area contributed by atoms with Gasteiger partial charge < -0.3 is 15.2 Å². The Hall–Kier alpha value is -2.99. The minimum absolute atomic E-state index is 0.204. The fourth-order valence-electron chi connectivity index (χ4n) is 2.13. The molecule has 0 atom stereocenters. The standard InChI is InChI=1S/C16H12N2O4/c19-9-14(20)22-11-5-3-10(4-6-11)8-13-12-2-1-7-17-15(12)18-16(13)21/h1-8,19H,9H2,(H,17,18,21). The molecule has 0 saturated carbocycles. The second-order valence-electron chi connectivity index (χ2n) is 4.61. The molecule has 2 heterocycles. The molecule has 1 aromatic heterocycles. The van der Waals surface area contributed by atoms with Crippen LogP contribution in [0.2, 0.25) is 0 Å². The van der Waals surface area contributed by atoms with E-state index in [9.17, 15) is 9.59 Å². The predicted molar refractivity (Wildman–Crippen MR) is 79.9 cm³/mol. The molecule has 2 N–H and O–H groups in total. The van der Waals surface area contributed by atoms with Crippen LogP contribution in [0.4, 0.5) is 5.82 Å². The molecule has 6 nitrogen and oxygen atoms in total. The summed E-state index contributed by atoms with van der Waals surface area (Å²) in [5.41, 5.74) is 2.07. The van der Waals surface area contributed by atoms with Crippen LogP contribution in [0.1, 0.15) is 11.1 Å². The fraction of sp³-hybridized carbons (Fsp3) is 0.0625. The second kappa shape index (κ2) is 5.79. The Bertz CT molecular complexity index is 766. The second-order valence-corrected chi connectivity index (χ2v) is 4.61. The maximum absolute atomic E-state index is 12.0. The Kier molecular flexibility index (Phi) is 3.67. The Morgan fingerprint density at radius 3 is 2.77 bits per heavy atom. The van der Waals surface area contributed by atoms with E-state index in [4.69, 9.17) is 9.84 Å². The normalized spacial score (nSPS) is 14.6. The summed E-state index contributed by atoms with van der Waals surface area (Å²) in [5.74, 6) is -0.0443. The van der Waals surface area contributed by atoms with Crippen LogP contribution in [-0.4, -0.2) is 28.6 Å². The molecule has 2 aromatic rings. The lowest BCUT2D eigenvalue weighted by Gasteiger charge is -2.03. The van der Waals surface area contributed by atoms with E-state index in [1.54, 1.807) is 42.6 Å². The Morgan fingerprint density at radius 2 is 2.05 bits per heavy atom. The quantitative estimate of drug-likeness (QED) is 0.509. The Balaban J connectivity index is 1.86. The number of anilines is 1. The van der Waals surface area contributed by atoms with E-state index in [0.29, 0.717) is 17.1 Å². The number of aliphatic hydroxyl groups excluding tert-OH is 1. The Labute approximate surface area is 126 Å². The highest BCUT2D eigenvalue weighted by Gasteiger charge is 2.24. The maximum Gasteiger partial charge on any atom is 0.337 e. The van der Waals surface area contributed by atoms with Crippen LogP contribution in [0.3, 0.4) is 0 Å². The van der Waals surface area contributed by atoms with Crippen LogP contribution < -0.4 is 10.1 Å². The zero-order valence-electron chi connectivity index (χ0n) is 11.4. The van der Waals surface area contributed by atoms with Gasteiger partial charge in [-0.15, -0.1) is 0 Å². The predicted octanol–water partition coefficient (Wildman–Crippen LogP) is 1.47. The molecule has 22 heavy (non-hydrogen) atoms. The molecule has 0 bridgehead atoms. The van der Waals surface area contributed by atoms with Gasteiger partial charge in [0.2, 0.25) is 0 Å². The number of hydrogen-bond donors (Lipinski definition) is 2. The molecule has 1 amide bonds.